The Balaban J connectivity index is 1.24. The van der Waals surface area contributed by atoms with E-state index in [1.165, 1.54) is 31.2 Å². The highest BCUT2D eigenvalue weighted by atomic mass is 16.5. The number of ether oxygens (including phenoxy) is 1. The number of carbonyl (C=O) groups excluding carboxylic acids is 1. The summed E-state index contributed by atoms with van der Waals surface area (Å²) >= 11 is 0. The molecule has 1 saturated carbocycles. The van der Waals surface area contributed by atoms with Crippen LogP contribution in [0.1, 0.15) is 55.7 Å². The van der Waals surface area contributed by atoms with E-state index in [9.17, 15) is 4.79 Å². The Morgan fingerprint density at radius 3 is 2.50 bits per heavy atom. The Kier molecular flexibility index (Phi) is 7.19. The SMILES string of the molecule is O=C(NCc1ccc(OC2CCCC2)nc1)NCC(c1ccccc1)N1CCCC1. The van der Waals surface area contributed by atoms with Crippen LogP contribution in [0.5, 0.6) is 5.88 Å². The molecule has 0 bridgehead atoms. The van der Waals surface area contributed by atoms with Crippen molar-refractivity contribution in [2.24, 2.45) is 0 Å². The van der Waals surface area contributed by atoms with Gasteiger partial charge in [0.25, 0.3) is 0 Å². The van der Waals surface area contributed by atoms with Gasteiger partial charge >= 0.3 is 6.03 Å². The molecule has 2 aliphatic rings. The molecule has 1 atom stereocenters. The number of carbonyl (C=O) groups is 1. The van der Waals surface area contributed by atoms with Crippen LogP contribution in [-0.4, -0.2) is 41.7 Å². The highest BCUT2D eigenvalue weighted by molar-refractivity contribution is 5.73. The van der Waals surface area contributed by atoms with Gasteiger partial charge in [-0.3, -0.25) is 4.90 Å². The van der Waals surface area contributed by atoms with E-state index in [0.29, 0.717) is 25.1 Å². The zero-order valence-electron chi connectivity index (χ0n) is 17.6. The summed E-state index contributed by atoms with van der Waals surface area (Å²) < 4.78 is 5.90. The van der Waals surface area contributed by atoms with Gasteiger partial charge < -0.3 is 15.4 Å². The number of urea groups is 1. The molecular formula is C24H32N4O2. The molecule has 6 heteroatoms. The summed E-state index contributed by atoms with van der Waals surface area (Å²) in [6, 6.07) is 14.4. The minimum absolute atomic E-state index is 0.151. The zero-order valence-corrected chi connectivity index (χ0v) is 17.6. The third-order valence-corrected chi connectivity index (χ3v) is 6.06. The van der Waals surface area contributed by atoms with Crippen LogP contribution in [0, 0.1) is 0 Å². The van der Waals surface area contributed by atoms with E-state index < -0.39 is 0 Å². The van der Waals surface area contributed by atoms with Crippen LogP contribution in [0.3, 0.4) is 0 Å². The largest absolute Gasteiger partial charge is 0.474 e. The van der Waals surface area contributed by atoms with Gasteiger partial charge in [-0.05, 0) is 62.7 Å². The molecule has 2 fully saturated rings. The molecule has 1 saturated heterocycles. The lowest BCUT2D eigenvalue weighted by Crippen LogP contribution is -2.41. The van der Waals surface area contributed by atoms with Crippen molar-refractivity contribution in [1.82, 2.24) is 20.5 Å². The number of rotatable bonds is 8. The molecule has 1 unspecified atom stereocenters. The number of amides is 2. The molecule has 160 valence electrons. The van der Waals surface area contributed by atoms with E-state index in [1.54, 1.807) is 6.20 Å². The number of pyridine rings is 1. The average Bonchev–Trinajstić information content (AvgIpc) is 3.49. The topological polar surface area (TPSA) is 66.5 Å². The fourth-order valence-corrected chi connectivity index (χ4v) is 4.38. The number of aromatic nitrogens is 1. The third kappa shape index (κ3) is 5.72. The molecule has 1 aromatic carbocycles. The summed E-state index contributed by atoms with van der Waals surface area (Å²) in [6.07, 6.45) is 9.25. The number of nitrogens with one attached hydrogen (secondary N) is 2. The van der Waals surface area contributed by atoms with Crippen molar-refractivity contribution in [3.05, 3.63) is 59.8 Å². The molecule has 1 aliphatic carbocycles. The van der Waals surface area contributed by atoms with Crippen LogP contribution < -0.4 is 15.4 Å². The van der Waals surface area contributed by atoms with E-state index in [1.807, 2.05) is 18.2 Å². The van der Waals surface area contributed by atoms with E-state index in [-0.39, 0.29) is 12.1 Å². The molecule has 2 heterocycles. The first-order chi connectivity index (χ1) is 14.8. The molecule has 2 N–H and O–H groups in total. The monoisotopic (exact) mass is 408 g/mol. The first-order valence-corrected chi connectivity index (χ1v) is 11.2. The van der Waals surface area contributed by atoms with Crippen LogP contribution in [0.25, 0.3) is 0 Å². The number of likely N-dealkylation sites (tertiary alicyclic amines) is 1. The maximum absolute atomic E-state index is 12.4. The molecule has 6 nitrogen and oxygen atoms in total. The lowest BCUT2D eigenvalue weighted by Gasteiger charge is -2.28. The quantitative estimate of drug-likeness (QED) is 0.692. The summed E-state index contributed by atoms with van der Waals surface area (Å²) in [4.78, 5) is 19.2. The highest BCUT2D eigenvalue weighted by Crippen LogP contribution is 2.24. The summed E-state index contributed by atoms with van der Waals surface area (Å²) in [7, 11) is 0. The normalized spacial score (nSPS) is 18.3. The second kappa shape index (κ2) is 10.4. The molecule has 0 spiro atoms. The van der Waals surface area contributed by atoms with Crippen molar-refractivity contribution >= 4 is 6.03 Å². The minimum atomic E-state index is -0.151. The predicted molar refractivity (Wildman–Crippen MR) is 117 cm³/mol. The van der Waals surface area contributed by atoms with Crippen molar-refractivity contribution in [2.45, 2.75) is 57.2 Å². The lowest BCUT2D eigenvalue weighted by molar-refractivity contribution is 0.201. The van der Waals surface area contributed by atoms with Gasteiger partial charge in [0.2, 0.25) is 5.88 Å². The molecule has 1 aromatic heterocycles. The maximum Gasteiger partial charge on any atom is 0.315 e. The van der Waals surface area contributed by atoms with E-state index in [2.05, 4.69) is 44.8 Å². The minimum Gasteiger partial charge on any atom is -0.474 e. The van der Waals surface area contributed by atoms with Crippen molar-refractivity contribution in [1.29, 1.82) is 0 Å². The zero-order chi connectivity index (χ0) is 20.6. The van der Waals surface area contributed by atoms with Crippen LogP contribution in [0.4, 0.5) is 4.79 Å². The summed E-state index contributed by atoms with van der Waals surface area (Å²) in [5.41, 5.74) is 2.21. The summed E-state index contributed by atoms with van der Waals surface area (Å²) in [5, 5.41) is 5.99. The van der Waals surface area contributed by atoms with E-state index in [4.69, 9.17) is 4.74 Å². The van der Waals surface area contributed by atoms with Crippen LogP contribution in [0.2, 0.25) is 0 Å². The van der Waals surface area contributed by atoms with Crippen molar-refractivity contribution in [3.8, 4) is 5.88 Å². The smallest absolute Gasteiger partial charge is 0.315 e. The van der Waals surface area contributed by atoms with Gasteiger partial charge in [0.05, 0.1) is 6.04 Å². The van der Waals surface area contributed by atoms with Gasteiger partial charge in [-0.2, -0.15) is 0 Å². The molecule has 2 amide bonds. The van der Waals surface area contributed by atoms with Gasteiger partial charge in [0.1, 0.15) is 6.10 Å². The van der Waals surface area contributed by atoms with Crippen molar-refractivity contribution in [2.75, 3.05) is 19.6 Å². The molecule has 4 rings (SSSR count). The molecule has 30 heavy (non-hydrogen) atoms. The average molecular weight is 409 g/mol. The van der Waals surface area contributed by atoms with Crippen LogP contribution in [0.15, 0.2) is 48.7 Å². The standard InChI is InChI=1S/C24H32N4O2/c29-24(26-17-19-12-13-23(25-16-19)30-21-10-4-5-11-21)27-18-22(28-14-6-7-15-28)20-8-2-1-3-9-20/h1-3,8-9,12-13,16,21-22H,4-7,10-11,14-15,17-18H2,(H2,26,27,29). The molecule has 1 aliphatic heterocycles. The Morgan fingerprint density at radius 1 is 1.03 bits per heavy atom. The molecule has 0 radical (unpaired) electrons. The Hall–Kier alpha value is -2.60. The van der Waals surface area contributed by atoms with E-state index >= 15 is 0 Å². The third-order valence-electron chi connectivity index (χ3n) is 6.06. The number of benzene rings is 1. The number of hydrogen-bond donors (Lipinski definition) is 2. The van der Waals surface area contributed by atoms with E-state index in [0.717, 1.165) is 31.5 Å². The Morgan fingerprint density at radius 2 is 1.80 bits per heavy atom. The second-order valence-electron chi connectivity index (χ2n) is 8.26. The van der Waals surface area contributed by atoms with Gasteiger partial charge in [0, 0.05) is 25.4 Å². The van der Waals surface area contributed by atoms with Crippen molar-refractivity contribution < 1.29 is 9.53 Å². The van der Waals surface area contributed by atoms with Gasteiger partial charge in [-0.25, -0.2) is 9.78 Å². The fourth-order valence-electron chi connectivity index (χ4n) is 4.38. The van der Waals surface area contributed by atoms with Gasteiger partial charge in [-0.1, -0.05) is 36.4 Å². The fraction of sp³-hybridized carbons (Fsp3) is 0.500. The predicted octanol–water partition coefficient (Wildman–Crippen LogP) is 4.04. The second-order valence-corrected chi connectivity index (χ2v) is 8.26. The van der Waals surface area contributed by atoms with Gasteiger partial charge in [0.15, 0.2) is 0 Å². The number of nitrogens with zero attached hydrogens (tertiary/aromatic N) is 2. The molecule has 2 aromatic rings. The molecular weight excluding hydrogens is 376 g/mol. The van der Waals surface area contributed by atoms with Crippen LogP contribution in [-0.2, 0) is 6.54 Å². The maximum atomic E-state index is 12.4. The van der Waals surface area contributed by atoms with Gasteiger partial charge in [-0.15, -0.1) is 0 Å². The first kappa shape index (κ1) is 20.7. The first-order valence-electron chi connectivity index (χ1n) is 11.2. The number of hydrogen-bond acceptors (Lipinski definition) is 4. The summed E-state index contributed by atoms with van der Waals surface area (Å²) in [6.45, 7) is 3.22. The Labute approximate surface area is 179 Å². The van der Waals surface area contributed by atoms with Crippen molar-refractivity contribution in [3.63, 3.8) is 0 Å². The highest BCUT2D eigenvalue weighted by Gasteiger charge is 2.23. The lowest BCUT2D eigenvalue weighted by atomic mass is 10.1. The summed E-state index contributed by atoms with van der Waals surface area (Å²) in [5.74, 6) is 0.673. The Bertz CT molecular complexity index is 785. The van der Waals surface area contributed by atoms with Crippen LogP contribution >= 0.6 is 0 Å².